The molecule has 288 valence electrons. The fourth-order valence-electron chi connectivity index (χ4n) is 6.85. The SMILES string of the molecule is COC(=O)C1=C(CC(=O)N2CCN(C(=O)CC(=O)N3CCN(C(C)=O)CC3)CC2)N=C(CS(=O)c2ccccc2)C(C(=O)OC)[C@H]1c1c(Cl)cccc1Cl. The minimum atomic E-state index is -1.70. The molecule has 0 bridgehead atoms. The van der Waals surface area contributed by atoms with Gasteiger partial charge in [-0.1, -0.05) is 47.5 Å². The van der Waals surface area contributed by atoms with E-state index in [9.17, 15) is 33.0 Å². The molecule has 0 N–H and O–H groups in total. The van der Waals surface area contributed by atoms with Gasteiger partial charge in [0.25, 0.3) is 0 Å². The van der Waals surface area contributed by atoms with Crippen molar-refractivity contribution in [1.29, 1.82) is 0 Å². The van der Waals surface area contributed by atoms with Gasteiger partial charge >= 0.3 is 11.9 Å². The number of rotatable bonds is 10. The van der Waals surface area contributed by atoms with Gasteiger partial charge in [0, 0.05) is 85.9 Å². The van der Waals surface area contributed by atoms with Crippen LogP contribution in [0.2, 0.25) is 10.0 Å². The van der Waals surface area contributed by atoms with E-state index in [0.717, 1.165) is 7.11 Å². The molecule has 0 aliphatic carbocycles. The number of halogens is 2. The molecule has 2 saturated heterocycles. The van der Waals surface area contributed by atoms with Gasteiger partial charge in [0.1, 0.15) is 12.3 Å². The number of carbonyl (C=O) groups is 6. The smallest absolute Gasteiger partial charge is 0.336 e. The molecule has 0 aromatic heterocycles. The average Bonchev–Trinajstić information content (AvgIpc) is 3.17. The van der Waals surface area contributed by atoms with E-state index in [1.807, 2.05) is 0 Å². The first-order valence-corrected chi connectivity index (χ1v) is 19.3. The summed E-state index contributed by atoms with van der Waals surface area (Å²) in [6, 6.07) is 13.3. The number of ether oxygens (including phenoxy) is 2. The molecule has 2 unspecified atom stereocenters. The van der Waals surface area contributed by atoms with Gasteiger partial charge in [0.05, 0.1) is 48.5 Å². The van der Waals surface area contributed by atoms with E-state index in [-0.39, 0.29) is 88.7 Å². The van der Waals surface area contributed by atoms with E-state index in [1.54, 1.807) is 58.3 Å². The second-order valence-electron chi connectivity index (χ2n) is 12.9. The highest BCUT2D eigenvalue weighted by Gasteiger charge is 2.46. The summed E-state index contributed by atoms with van der Waals surface area (Å²) in [7, 11) is 0.639. The summed E-state index contributed by atoms with van der Waals surface area (Å²) in [5.41, 5.74) is 0.175. The molecule has 0 radical (unpaired) electrons. The van der Waals surface area contributed by atoms with Crippen LogP contribution in [-0.2, 0) is 49.0 Å². The summed E-state index contributed by atoms with van der Waals surface area (Å²) in [5.74, 6) is -5.58. The van der Waals surface area contributed by atoms with Crippen LogP contribution in [0.25, 0.3) is 0 Å². The highest BCUT2D eigenvalue weighted by molar-refractivity contribution is 7.85. The van der Waals surface area contributed by atoms with E-state index >= 15 is 0 Å². The van der Waals surface area contributed by atoms with Crippen molar-refractivity contribution < 1.29 is 42.4 Å². The van der Waals surface area contributed by atoms with Crippen LogP contribution in [0.5, 0.6) is 0 Å². The van der Waals surface area contributed by atoms with Crippen LogP contribution in [0.1, 0.15) is 31.2 Å². The number of benzene rings is 2. The quantitative estimate of drug-likeness (QED) is 0.260. The molecule has 3 aliphatic rings. The first-order chi connectivity index (χ1) is 25.8. The molecule has 14 nitrogen and oxygen atoms in total. The van der Waals surface area contributed by atoms with Gasteiger partial charge in [-0.3, -0.25) is 33.2 Å². The molecular weight excluding hydrogens is 761 g/mol. The molecule has 4 amide bonds. The minimum Gasteiger partial charge on any atom is -0.468 e. The lowest BCUT2D eigenvalue weighted by Gasteiger charge is -2.37. The number of esters is 2. The van der Waals surface area contributed by atoms with Crippen LogP contribution in [0.4, 0.5) is 0 Å². The maximum Gasteiger partial charge on any atom is 0.336 e. The van der Waals surface area contributed by atoms with E-state index in [0.29, 0.717) is 31.1 Å². The number of piperazine rings is 2. The van der Waals surface area contributed by atoms with Crippen LogP contribution in [0, 0.1) is 5.92 Å². The monoisotopic (exact) mass is 801 g/mol. The normalized spacial score (nSPS) is 19.5. The van der Waals surface area contributed by atoms with Gasteiger partial charge in [0.2, 0.25) is 23.6 Å². The second-order valence-corrected chi connectivity index (χ2v) is 15.1. The molecule has 3 heterocycles. The Hall–Kier alpha value is -4.60. The van der Waals surface area contributed by atoms with E-state index in [1.165, 1.54) is 23.8 Å². The van der Waals surface area contributed by atoms with Gasteiger partial charge in [-0.05, 0) is 29.8 Å². The molecule has 3 aliphatic heterocycles. The number of aliphatic imine (C=N–C) groups is 1. The Kier molecular flexibility index (Phi) is 13.6. The number of hydrogen-bond acceptors (Lipinski definition) is 10. The Bertz CT molecular complexity index is 1870. The van der Waals surface area contributed by atoms with E-state index in [4.69, 9.17) is 37.7 Å². The molecular formula is C37H41Cl2N5O9S. The van der Waals surface area contributed by atoms with Gasteiger partial charge in [0.15, 0.2) is 0 Å². The van der Waals surface area contributed by atoms with Crippen molar-refractivity contribution in [2.45, 2.75) is 30.6 Å². The van der Waals surface area contributed by atoms with E-state index < -0.39 is 46.9 Å². The topological polar surface area (TPSA) is 163 Å². The summed E-state index contributed by atoms with van der Waals surface area (Å²) in [4.78, 5) is 90.2. The van der Waals surface area contributed by atoms with Crippen molar-refractivity contribution >= 4 is 75.3 Å². The van der Waals surface area contributed by atoms with Gasteiger partial charge in [-0.15, -0.1) is 0 Å². The molecule has 0 spiro atoms. The lowest BCUT2D eigenvalue weighted by atomic mass is 9.75. The zero-order valence-electron chi connectivity index (χ0n) is 30.1. The third-order valence-electron chi connectivity index (χ3n) is 9.73. The van der Waals surface area contributed by atoms with E-state index in [2.05, 4.69) is 0 Å². The standard InChI is InChI=1S/C37H41Cl2N5O9S/c1-23(45)41-12-14-43(15-13-41)30(47)21-31(48)44-18-16-42(17-19-44)29(46)20-27-33(36(49)52-2)35(32-25(38)10-7-11-26(32)39)34(37(50)53-3)28(40-27)22-54(51)24-8-5-4-6-9-24/h4-11,34-35H,12-22H2,1-3H3/t34?,35-,54?/m0/s1. The predicted octanol–water partition coefficient (Wildman–Crippen LogP) is 2.70. The first kappa shape index (κ1) is 40.6. The number of nitrogens with zero attached hydrogens (tertiary/aromatic N) is 5. The number of carbonyl (C=O) groups excluding carboxylic acids is 6. The van der Waals surface area contributed by atoms with Gasteiger partial charge in [-0.2, -0.15) is 0 Å². The molecule has 5 rings (SSSR count). The van der Waals surface area contributed by atoms with Crippen molar-refractivity contribution in [3.05, 3.63) is 75.4 Å². The summed E-state index contributed by atoms with van der Waals surface area (Å²) in [5, 5.41) is 0.271. The average molecular weight is 803 g/mol. The Labute approximate surface area is 325 Å². The molecule has 3 atom stereocenters. The predicted molar refractivity (Wildman–Crippen MR) is 200 cm³/mol. The maximum atomic E-state index is 13.9. The highest BCUT2D eigenvalue weighted by Crippen LogP contribution is 2.46. The van der Waals surface area contributed by atoms with Gasteiger partial charge < -0.3 is 29.1 Å². The molecule has 54 heavy (non-hydrogen) atoms. The highest BCUT2D eigenvalue weighted by atomic mass is 35.5. The Morgan fingerprint density at radius 2 is 1.26 bits per heavy atom. The lowest BCUT2D eigenvalue weighted by molar-refractivity contribution is -0.146. The minimum absolute atomic E-state index is 0.0120. The molecule has 0 saturated carbocycles. The van der Waals surface area contributed by atoms with Crippen molar-refractivity contribution in [1.82, 2.24) is 19.6 Å². The van der Waals surface area contributed by atoms with Crippen LogP contribution in [-0.4, -0.2) is 137 Å². The molecule has 2 fully saturated rings. The second kappa shape index (κ2) is 18.2. The maximum absolute atomic E-state index is 13.9. The summed E-state index contributed by atoms with van der Waals surface area (Å²) in [6.07, 6.45) is -0.727. The van der Waals surface area contributed by atoms with Crippen molar-refractivity contribution in [3.8, 4) is 0 Å². The Morgan fingerprint density at radius 1 is 0.741 bits per heavy atom. The van der Waals surface area contributed by atoms with Crippen LogP contribution in [0.15, 0.2) is 69.7 Å². The first-order valence-electron chi connectivity index (χ1n) is 17.3. The van der Waals surface area contributed by atoms with Crippen molar-refractivity contribution in [2.24, 2.45) is 10.9 Å². The van der Waals surface area contributed by atoms with Crippen LogP contribution < -0.4 is 0 Å². The fourth-order valence-corrected chi connectivity index (χ4v) is 8.62. The summed E-state index contributed by atoms with van der Waals surface area (Å²) < 4.78 is 24.0. The number of hydrogen-bond donors (Lipinski definition) is 0. The molecule has 2 aromatic carbocycles. The third kappa shape index (κ3) is 9.19. The van der Waals surface area contributed by atoms with Crippen LogP contribution >= 0.6 is 23.2 Å². The lowest BCUT2D eigenvalue weighted by Crippen LogP contribution is -2.53. The Balaban J connectivity index is 1.40. The van der Waals surface area contributed by atoms with Crippen LogP contribution in [0.3, 0.4) is 0 Å². The number of amides is 4. The largest absolute Gasteiger partial charge is 0.468 e. The Morgan fingerprint density at radius 3 is 1.76 bits per heavy atom. The molecule has 17 heteroatoms. The zero-order valence-corrected chi connectivity index (χ0v) is 32.5. The molecule has 2 aromatic rings. The number of methoxy groups -OCH3 is 2. The van der Waals surface area contributed by atoms with Crippen molar-refractivity contribution in [3.63, 3.8) is 0 Å². The summed E-state index contributed by atoms with van der Waals surface area (Å²) >= 11 is 13.4. The van der Waals surface area contributed by atoms with Gasteiger partial charge in [-0.25, -0.2) is 4.79 Å². The zero-order chi connectivity index (χ0) is 39.1. The fraction of sp³-hybridized carbons (Fsp3) is 0.432. The third-order valence-corrected chi connectivity index (χ3v) is 11.7. The summed E-state index contributed by atoms with van der Waals surface area (Å²) in [6.45, 7) is 3.65. The van der Waals surface area contributed by atoms with Crippen molar-refractivity contribution in [2.75, 3.05) is 72.3 Å².